The van der Waals surface area contributed by atoms with Crippen molar-refractivity contribution in [2.24, 2.45) is 0 Å². The molecule has 4 rings (SSSR count). The smallest absolute Gasteiger partial charge is 0.232 e. The molecule has 0 unspecified atom stereocenters. The maximum absolute atomic E-state index is 12.1. The molecule has 6 heteroatoms. The van der Waals surface area contributed by atoms with Gasteiger partial charge in [-0.3, -0.25) is 4.31 Å². The highest BCUT2D eigenvalue weighted by Gasteiger charge is 2.32. The van der Waals surface area contributed by atoms with E-state index in [2.05, 4.69) is 23.6 Å². The largest absolute Gasteiger partial charge is 0.267 e. The fourth-order valence-corrected chi connectivity index (χ4v) is 5.66. The van der Waals surface area contributed by atoms with E-state index in [0.717, 1.165) is 40.4 Å². The Balaban J connectivity index is 1.62. The van der Waals surface area contributed by atoms with Gasteiger partial charge in [-0.15, -0.1) is 11.3 Å². The van der Waals surface area contributed by atoms with Crippen LogP contribution in [0.15, 0.2) is 53.9 Å². The summed E-state index contributed by atoms with van der Waals surface area (Å²) in [5.74, 6) is 0. The van der Waals surface area contributed by atoms with Crippen molar-refractivity contribution in [1.29, 1.82) is 0 Å². The molecule has 0 amide bonds. The van der Waals surface area contributed by atoms with Gasteiger partial charge in [-0.25, -0.2) is 13.4 Å². The lowest BCUT2D eigenvalue weighted by molar-refractivity contribution is 0.590. The van der Waals surface area contributed by atoms with Crippen LogP contribution in [0.5, 0.6) is 0 Å². The van der Waals surface area contributed by atoms with Gasteiger partial charge in [-0.1, -0.05) is 36.4 Å². The minimum Gasteiger partial charge on any atom is -0.267 e. The molecule has 0 bridgehead atoms. The second-order valence-corrected chi connectivity index (χ2v) is 9.55. The van der Waals surface area contributed by atoms with E-state index < -0.39 is 10.0 Å². The van der Waals surface area contributed by atoms with Crippen molar-refractivity contribution >= 4 is 27.0 Å². The van der Waals surface area contributed by atoms with E-state index in [9.17, 15) is 8.42 Å². The minimum atomic E-state index is -3.25. The molecule has 1 aliphatic heterocycles. The summed E-state index contributed by atoms with van der Waals surface area (Å²) in [5.41, 5.74) is 5.11. The van der Waals surface area contributed by atoms with Crippen molar-refractivity contribution in [3.8, 4) is 11.3 Å². The molecule has 4 nitrogen and oxygen atoms in total. The first-order valence-electron chi connectivity index (χ1n) is 8.53. The van der Waals surface area contributed by atoms with Crippen LogP contribution >= 0.6 is 11.3 Å². The van der Waals surface area contributed by atoms with Crippen LogP contribution in [0.4, 0.5) is 5.69 Å². The van der Waals surface area contributed by atoms with Crippen molar-refractivity contribution in [1.82, 2.24) is 4.98 Å². The zero-order valence-corrected chi connectivity index (χ0v) is 16.3. The van der Waals surface area contributed by atoms with Crippen molar-refractivity contribution < 1.29 is 8.42 Å². The van der Waals surface area contributed by atoms with Crippen LogP contribution in [0.2, 0.25) is 0 Å². The highest BCUT2D eigenvalue weighted by Crippen LogP contribution is 2.37. The fraction of sp³-hybridized carbons (Fsp3) is 0.250. The van der Waals surface area contributed by atoms with Gasteiger partial charge in [0.25, 0.3) is 0 Å². The molecule has 0 saturated heterocycles. The fourth-order valence-electron chi connectivity index (χ4n) is 3.56. The standard InChI is InChI=1S/C20H20N2O2S2/c1-14-10-17-12-16(8-9-19(17)22(14)26(2,23)24)18-13-25-20(21-18)11-15-6-4-3-5-7-15/h3-9,12-14H,10-11H2,1-2H3/t14-/m1/s1. The number of anilines is 1. The van der Waals surface area contributed by atoms with E-state index in [1.54, 1.807) is 11.3 Å². The zero-order chi connectivity index (χ0) is 18.3. The van der Waals surface area contributed by atoms with Crippen LogP contribution in [0.25, 0.3) is 11.3 Å². The molecule has 1 aromatic heterocycles. The van der Waals surface area contributed by atoms with Gasteiger partial charge in [0.1, 0.15) is 0 Å². The molecule has 2 heterocycles. The Bertz CT molecular complexity index is 1040. The molecule has 134 valence electrons. The van der Waals surface area contributed by atoms with Gasteiger partial charge in [-0.05, 0) is 36.6 Å². The van der Waals surface area contributed by atoms with Crippen molar-refractivity contribution in [2.45, 2.75) is 25.8 Å². The first-order valence-corrected chi connectivity index (χ1v) is 11.3. The Morgan fingerprint density at radius 3 is 2.69 bits per heavy atom. The highest BCUT2D eigenvalue weighted by molar-refractivity contribution is 7.92. The zero-order valence-electron chi connectivity index (χ0n) is 14.7. The monoisotopic (exact) mass is 384 g/mol. The number of rotatable bonds is 4. The summed E-state index contributed by atoms with van der Waals surface area (Å²) >= 11 is 1.66. The lowest BCUT2D eigenvalue weighted by atomic mass is 10.1. The summed E-state index contributed by atoms with van der Waals surface area (Å²) in [7, 11) is -3.25. The van der Waals surface area contributed by atoms with Gasteiger partial charge in [0.2, 0.25) is 10.0 Å². The van der Waals surface area contributed by atoms with Crippen molar-refractivity contribution in [3.05, 3.63) is 70.0 Å². The molecule has 1 atom stereocenters. The molecule has 2 aromatic carbocycles. The molecule has 3 aromatic rings. The average molecular weight is 385 g/mol. The molecule has 0 aliphatic carbocycles. The molecular formula is C20H20N2O2S2. The second-order valence-electron chi connectivity index (χ2n) is 6.74. The lowest BCUT2D eigenvalue weighted by Gasteiger charge is -2.21. The van der Waals surface area contributed by atoms with Crippen LogP contribution in [0, 0.1) is 0 Å². The van der Waals surface area contributed by atoms with Crippen LogP contribution in [-0.4, -0.2) is 25.7 Å². The maximum atomic E-state index is 12.1. The van der Waals surface area contributed by atoms with Gasteiger partial charge in [0.15, 0.2) is 0 Å². The van der Waals surface area contributed by atoms with E-state index >= 15 is 0 Å². The van der Waals surface area contributed by atoms with E-state index in [-0.39, 0.29) is 6.04 Å². The number of sulfonamides is 1. The molecule has 0 spiro atoms. The normalized spacial score (nSPS) is 16.7. The third kappa shape index (κ3) is 3.27. The van der Waals surface area contributed by atoms with E-state index in [4.69, 9.17) is 4.98 Å². The molecule has 1 aliphatic rings. The Morgan fingerprint density at radius 2 is 1.96 bits per heavy atom. The van der Waals surface area contributed by atoms with Gasteiger partial charge in [-0.2, -0.15) is 0 Å². The Morgan fingerprint density at radius 1 is 1.19 bits per heavy atom. The summed E-state index contributed by atoms with van der Waals surface area (Å²) in [6, 6.07) is 16.2. The van der Waals surface area contributed by atoms with Crippen LogP contribution in [-0.2, 0) is 22.9 Å². The number of hydrogen-bond donors (Lipinski definition) is 0. The number of thiazole rings is 1. The van der Waals surface area contributed by atoms with Gasteiger partial charge in [0, 0.05) is 23.4 Å². The van der Waals surface area contributed by atoms with Gasteiger partial charge < -0.3 is 0 Å². The highest BCUT2D eigenvalue weighted by atomic mass is 32.2. The Hall–Kier alpha value is -2.18. The number of hydrogen-bond acceptors (Lipinski definition) is 4. The third-order valence-corrected chi connectivity index (χ3v) is 6.76. The first-order chi connectivity index (χ1) is 12.4. The first kappa shape index (κ1) is 17.2. The second kappa shape index (κ2) is 6.52. The van der Waals surface area contributed by atoms with E-state index in [0.29, 0.717) is 0 Å². The summed E-state index contributed by atoms with van der Waals surface area (Å²) in [6.07, 6.45) is 2.83. The minimum absolute atomic E-state index is 0.0423. The van der Waals surface area contributed by atoms with Crippen molar-refractivity contribution in [3.63, 3.8) is 0 Å². The quantitative estimate of drug-likeness (QED) is 0.680. The average Bonchev–Trinajstić information content (AvgIpc) is 3.17. The predicted molar refractivity (Wildman–Crippen MR) is 107 cm³/mol. The number of nitrogens with zero attached hydrogens (tertiary/aromatic N) is 2. The molecular weight excluding hydrogens is 364 g/mol. The van der Waals surface area contributed by atoms with Crippen LogP contribution in [0.3, 0.4) is 0 Å². The molecule has 0 radical (unpaired) electrons. The van der Waals surface area contributed by atoms with Crippen molar-refractivity contribution in [2.75, 3.05) is 10.6 Å². The van der Waals surface area contributed by atoms with Crippen LogP contribution < -0.4 is 4.31 Å². The SMILES string of the molecule is C[C@@H]1Cc2cc(-c3csc(Cc4ccccc4)n3)ccc2N1S(C)(=O)=O. The third-order valence-electron chi connectivity index (χ3n) is 4.64. The molecule has 0 N–H and O–H groups in total. The molecule has 26 heavy (non-hydrogen) atoms. The molecule has 0 fully saturated rings. The summed E-state index contributed by atoms with van der Waals surface area (Å²) < 4.78 is 25.6. The number of fused-ring (bicyclic) bond motifs is 1. The predicted octanol–water partition coefficient (Wildman–Crippen LogP) is 4.11. The maximum Gasteiger partial charge on any atom is 0.232 e. The summed E-state index contributed by atoms with van der Waals surface area (Å²) in [4.78, 5) is 4.77. The van der Waals surface area contributed by atoms with E-state index in [1.807, 2.05) is 37.3 Å². The van der Waals surface area contributed by atoms with Gasteiger partial charge in [0.05, 0.1) is 22.6 Å². The number of aromatic nitrogens is 1. The lowest BCUT2D eigenvalue weighted by Crippen LogP contribution is -2.34. The Kier molecular flexibility index (Phi) is 4.32. The summed E-state index contributed by atoms with van der Waals surface area (Å²) in [6.45, 7) is 1.95. The Labute approximate surface area is 158 Å². The molecule has 0 saturated carbocycles. The summed E-state index contributed by atoms with van der Waals surface area (Å²) in [5, 5.41) is 3.16. The van der Waals surface area contributed by atoms with Gasteiger partial charge >= 0.3 is 0 Å². The van der Waals surface area contributed by atoms with E-state index in [1.165, 1.54) is 16.1 Å². The topological polar surface area (TPSA) is 50.3 Å². The number of benzene rings is 2. The van der Waals surface area contributed by atoms with Crippen LogP contribution in [0.1, 0.15) is 23.1 Å².